The van der Waals surface area contributed by atoms with E-state index in [-0.39, 0.29) is 5.56 Å². The Labute approximate surface area is 73.4 Å². The molecule has 1 atom stereocenters. The molecule has 0 radical (unpaired) electrons. The number of hydrogen-bond donors (Lipinski definition) is 1. The minimum Gasteiger partial charge on any atom is -0.372 e. The molecular weight excluding hydrogens is 176 g/mol. The van der Waals surface area contributed by atoms with Crippen LogP contribution in [0.15, 0.2) is 22.2 Å². The first-order valence-electron chi connectivity index (χ1n) is 3.64. The van der Waals surface area contributed by atoms with E-state index < -0.39 is 0 Å². The summed E-state index contributed by atoms with van der Waals surface area (Å²) in [6.45, 7) is 0.837. The first-order valence-corrected chi connectivity index (χ1v) is 4.63. The molecule has 1 aliphatic heterocycles. The Morgan fingerprint density at radius 3 is 3.33 bits per heavy atom. The number of H-pyrrole nitrogens is 1. The number of epoxide rings is 1. The highest BCUT2D eigenvalue weighted by Crippen LogP contribution is 2.19. The maximum atomic E-state index is 10.8. The monoisotopic (exact) mass is 184 g/mol. The molecular formula is C7H8N2O2S. The van der Waals surface area contributed by atoms with Gasteiger partial charge in [0.15, 0.2) is 5.16 Å². The molecule has 1 saturated heterocycles. The molecule has 0 aliphatic carbocycles. The topological polar surface area (TPSA) is 58.3 Å². The van der Waals surface area contributed by atoms with Crippen LogP contribution in [0.5, 0.6) is 0 Å². The third-order valence-corrected chi connectivity index (χ3v) is 2.48. The maximum Gasteiger partial charge on any atom is 0.251 e. The second kappa shape index (κ2) is 3.28. The minimum atomic E-state index is -0.107. The smallest absolute Gasteiger partial charge is 0.251 e. The van der Waals surface area contributed by atoms with Crippen molar-refractivity contribution in [3.63, 3.8) is 0 Å². The van der Waals surface area contributed by atoms with Crippen molar-refractivity contribution in [2.75, 3.05) is 12.4 Å². The molecule has 1 aliphatic rings. The van der Waals surface area contributed by atoms with Gasteiger partial charge < -0.3 is 9.72 Å². The molecule has 1 N–H and O–H groups in total. The summed E-state index contributed by atoms with van der Waals surface area (Å²) in [5, 5.41) is 0.665. The fraction of sp³-hybridized carbons (Fsp3) is 0.429. The van der Waals surface area contributed by atoms with E-state index in [1.54, 1.807) is 0 Å². The van der Waals surface area contributed by atoms with E-state index in [1.165, 1.54) is 24.0 Å². The molecule has 0 bridgehead atoms. The van der Waals surface area contributed by atoms with Gasteiger partial charge >= 0.3 is 0 Å². The number of thioether (sulfide) groups is 1. The van der Waals surface area contributed by atoms with Gasteiger partial charge in [0.25, 0.3) is 5.56 Å². The Morgan fingerprint density at radius 2 is 2.67 bits per heavy atom. The molecule has 1 aromatic heterocycles. The van der Waals surface area contributed by atoms with Crippen molar-refractivity contribution in [2.24, 2.45) is 0 Å². The number of aromatic nitrogens is 2. The molecule has 5 heteroatoms. The molecule has 1 aromatic rings. The van der Waals surface area contributed by atoms with Gasteiger partial charge in [-0.2, -0.15) is 0 Å². The molecule has 12 heavy (non-hydrogen) atoms. The van der Waals surface area contributed by atoms with Crippen LogP contribution in [-0.2, 0) is 4.74 Å². The van der Waals surface area contributed by atoms with Crippen molar-refractivity contribution in [1.29, 1.82) is 0 Å². The average Bonchev–Trinajstić information content (AvgIpc) is 2.84. The van der Waals surface area contributed by atoms with Crippen LogP contribution in [0.2, 0.25) is 0 Å². The summed E-state index contributed by atoms with van der Waals surface area (Å²) in [5.74, 6) is 0.868. The lowest BCUT2D eigenvalue weighted by atomic mass is 10.6. The zero-order chi connectivity index (χ0) is 8.39. The standard InChI is InChI=1S/C7H8N2O2S/c10-6-1-2-8-7(9-6)12-4-5-3-11-5/h1-2,5H,3-4H2,(H,8,9,10)/t5-/m1/s1. The van der Waals surface area contributed by atoms with Gasteiger partial charge in [0.05, 0.1) is 12.7 Å². The third-order valence-electron chi connectivity index (χ3n) is 1.46. The Balaban J connectivity index is 1.97. The molecule has 64 valence electrons. The third kappa shape index (κ3) is 2.09. The molecule has 0 amide bonds. The number of hydrogen-bond acceptors (Lipinski definition) is 4. The van der Waals surface area contributed by atoms with Gasteiger partial charge in [-0.05, 0) is 0 Å². The zero-order valence-electron chi connectivity index (χ0n) is 6.32. The van der Waals surface area contributed by atoms with E-state index >= 15 is 0 Å². The summed E-state index contributed by atoms with van der Waals surface area (Å²) in [4.78, 5) is 17.4. The van der Waals surface area contributed by atoms with E-state index in [2.05, 4.69) is 9.97 Å². The molecule has 0 aromatic carbocycles. The summed E-state index contributed by atoms with van der Waals surface area (Å²) in [6.07, 6.45) is 1.87. The van der Waals surface area contributed by atoms with Gasteiger partial charge in [-0.25, -0.2) is 4.98 Å². The predicted molar refractivity (Wildman–Crippen MR) is 45.3 cm³/mol. The van der Waals surface area contributed by atoms with Crippen LogP contribution in [0.25, 0.3) is 0 Å². The normalized spacial score (nSPS) is 20.8. The van der Waals surface area contributed by atoms with E-state index in [4.69, 9.17) is 4.74 Å². The van der Waals surface area contributed by atoms with E-state index in [9.17, 15) is 4.79 Å². The summed E-state index contributed by atoms with van der Waals surface area (Å²) >= 11 is 1.51. The zero-order valence-corrected chi connectivity index (χ0v) is 7.13. The SMILES string of the molecule is O=c1ccnc(SC[C@H]2CO2)[nH]1. The highest BCUT2D eigenvalue weighted by Gasteiger charge is 2.22. The Hall–Kier alpha value is -0.810. The van der Waals surface area contributed by atoms with Crippen LogP contribution in [-0.4, -0.2) is 28.4 Å². The first-order chi connectivity index (χ1) is 5.84. The molecule has 1 fully saturated rings. The minimum absolute atomic E-state index is 0.107. The van der Waals surface area contributed by atoms with Gasteiger partial charge in [-0.3, -0.25) is 4.79 Å². The van der Waals surface area contributed by atoms with Gasteiger partial charge in [0.2, 0.25) is 0 Å². The summed E-state index contributed by atoms with van der Waals surface area (Å²) < 4.78 is 5.02. The lowest BCUT2D eigenvalue weighted by Gasteiger charge is -1.95. The Morgan fingerprint density at radius 1 is 1.83 bits per heavy atom. The fourth-order valence-corrected chi connectivity index (χ4v) is 1.61. The lowest BCUT2D eigenvalue weighted by Crippen LogP contribution is -2.06. The quantitative estimate of drug-likeness (QED) is 0.416. The van der Waals surface area contributed by atoms with E-state index in [1.807, 2.05) is 0 Å². The predicted octanol–water partition coefficient (Wildman–Crippen LogP) is 0.261. The second-order valence-corrected chi connectivity index (χ2v) is 3.51. The second-order valence-electron chi connectivity index (χ2n) is 2.51. The van der Waals surface area contributed by atoms with E-state index in [0.29, 0.717) is 11.3 Å². The number of rotatable bonds is 3. The fourth-order valence-electron chi connectivity index (χ4n) is 0.761. The van der Waals surface area contributed by atoms with E-state index in [0.717, 1.165) is 12.4 Å². The van der Waals surface area contributed by atoms with Gasteiger partial charge in [-0.1, -0.05) is 11.8 Å². The van der Waals surface area contributed by atoms with Crippen LogP contribution < -0.4 is 5.56 Å². The van der Waals surface area contributed by atoms with Crippen molar-refractivity contribution < 1.29 is 4.74 Å². The number of ether oxygens (including phenoxy) is 1. The van der Waals surface area contributed by atoms with Crippen LogP contribution in [0, 0.1) is 0 Å². The van der Waals surface area contributed by atoms with Crippen molar-refractivity contribution in [1.82, 2.24) is 9.97 Å². The van der Waals surface area contributed by atoms with Crippen LogP contribution in [0.1, 0.15) is 0 Å². The summed E-state index contributed by atoms with van der Waals surface area (Å²) in [6, 6.07) is 1.40. The van der Waals surface area contributed by atoms with Crippen molar-refractivity contribution in [2.45, 2.75) is 11.3 Å². The van der Waals surface area contributed by atoms with Gasteiger partial charge in [0.1, 0.15) is 0 Å². The average molecular weight is 184 g/mol. The molecule has 2 heterocycles. The summed E-state index contributed by atoms with van der Waals surface area (Å²) in [7, 11) is 0. The Kier molecular flexibility index (Phi) is 2.14. The van der Waals surface area contributed by atoms with Crippen LogP contribution in [0.3, 0.4) is 0 Å². The first kappa shape index (κ1) is 7.82. The molecule has 4 nitrogen and oxygen atoms in total. The van der Waals surface area contributed by atoms with Gasteiger partial charge in [-0.15, -0.1) is 0 Å². The number of nitrogens with zero attached hydrogens (tertiary/aromatic N) is 1. The Bertz CT molecular complexity index is 321. The summed E-state index contributed by atoms with van der Waals surface area (Å²) in [5.41, 5.74) is -0.107. The van der Waals surface area contributed by atoms with Gasteiger partial charge in [0, 0.05) is 18.0 Å². The molecule has 0 saturated carbocycles. The van der Waals surface area contributed by atoms with Crippen molar-refractivity contribution in [3.8, 4) is 0 Å². The maximum absolute atomic E-state index is 10.8. The lowest BCUT2D eigenvalue weighted by molar-refractivity contribution is 0.426. The highest BCUT2D eigenvalue weighted by atomic mass is 32.2. The molecule has 0 unspecified atom stereocenters. The largest absolute Gasteiger partial charge is 0.372 e. The number of aromatic amines is 1. The van der Waals surface area contributed by atoms with Crippen molar-refractivity contribution in [3.05, 3.63) is 22.6 Å². The van der Waals surface area contributed by atoms with Crippen LogP contribution in [0.4, 0.5) is 0 Å². The number of nitrogens with one attached hydrogen (secondary N) is 1. The van der Waals surface area contributed by atoms with Crippen LogP contribution >= 0.6 is 11.8 Å². The highest BCUT2D eigenvalue weighted by molar-refractivity contribution is 7.99. The molecule has 2 rings (SSSR count). The van der Waals surface area contributed by atoms with Crippen molar-refractivity contribution >= 4 is 11.8 Å². The molecule has 0 spiro atoms.